The molecule has 0 bridgehead atoms. The molecule has 5 heteroatoms. The Hall–Kier alpha value is -1.10. The number of hydrogen-bond acceptors (Lipinski definition) is 3. The van der Waals surface area contributed by atoms with Gasteiger partial charge in [0.2, 0.25) is 0 Å². The van der Waals surface area contributed by atoms with Crippen LogP contribution in [0.1, 0.15) is 33.6 Å². The third kappa shape index (κ3) is 1.80. The van der Waals surface area contributed by atoms with Crippen molar-refractivity contribution >= 4 is 11.9 Å². The molecule has 0 aromatic carbocycles. The lowest BCUT2D eigenvalue weighted by molar-refractivity contribution is -0.133. The number of nitrogens with one attached hydrogen (secondary N) is 1. The summed E-state index contributed by atoms with van der Waals surface area (Å²) < 4.78 is 0. The van der Waals surface area contributed by atoms with Gasteiger partial charge in [-0.25, -0.2) is 4.79 Å². The Morgan fingerprint density at radius 3 is 2.50 bits per heavy atom. The first-order chi connectivity index (χ1) is 7.24. The molecule has 1 unspecified atom stereocenters. The van der Waals surface area contributed by atoms with Crippen molar-refractivity contribution in [1.82, 2.24) is 10.2 Å². The second-order valence-electron chi connectivity index (χ2n) is 5.61. The average Bonchev–Trinajstić information content (AvgIpc) is 2.90. The lowest BCUT2D eigenvalue weighted by atomic mass is 9.96. The molecule has 1 saturated heterocycles. The molecule has 2 rings (SSSR count). The van der Waals surface area contributed by atoms with Gasteiger partial charge in [-0.1, -0.05) is 0 Å². The van der Waals surface area contributed by atoms with E-state index in [-0.39, 0.29) is 24.4 Å². The number of aliphatic hydroxyl groups is 1. The van der Waals surface area contributed by atoms with E-state index < -0.39 is 11.1 Å². The minimum absolute atomic E-state index is 0.0416. The van der Waals surface area contributed by atoms with Gasteiger partial charge in [0.15, 0.2) is 0 Å². The second-order valence-corrected chi connectivity index (χ2v) is 5.61. The molecule has 1 aliphatic carbocycles. The van der Waals surface area contributed by atoms with Gasteiger partial charge in [0.05, 0.1) is 12.1 Å². The maximum absolute atomic E-state index is 12.1. The molecule has 2 N–H and O–H groups in total. The van der Waals surface area contributed by atoms with Gasteiger partial charge >= 0.3 is 6.03 Å². The zero-order chi connectivity index (χ0) is 12.1. The van der Waals surface area contributed by atoms with E-state index in [1.807, 2.05) is 0 Å². The molecular formula is C11H18N2O3. The van der Waals surface area contributed by atoms with Crippen molar-refractivity contribution in [3.8, 4) is 0 Å². The molecule has 2 fully saturated rings. The molecule has 3 amide bonds. The van der Waals surface area contributed by atoms with Crippen LogP contribution in [-0.4, -0.2) is 39.6 Å². The molecule has 1 saturated carbocycles. The molecule has 0 spiro atoms. The largest absolute Gasteiger partial charge is 0.389 e. The van der Waals surface area contributed by atoms with E-state index >= 15 is 0 Å². The highest BCUT2D eigenvalue weighted by atomic mass is 16.3. The number of imide groups is 1. The number of rotatable bonds is 3. The highest BCUT2D eigenvalue weighted by Gasteiger charge is 2.56. The molecule has 0 radical (unpaired) electrons. The molecule has 16 heavy (non-hydrogen) atoms. The number of amides is 3. The number of nitrogens with zero attached hydrogens (tertiary/aromatic N) is 1. The maximum Gasteiger partial charge on any atom is 0.325 e. The number of β-amino-alcohol motifs (C(OH)–C–C–N with tert-alkyl or cyclic N) is 1. The van der Waals surface area contributed by atoms with Crippen LogP contribution in [0.5, 0.6) is 0 Å². The summed E-state index contributed by atoms with van der Waals surface area (Å²) in [6, 6.07) is -0.387. The summed E-state index contributed by atoms with van der Waals surface area (Å²) in [5.41, 5.74) is -1.80. The van der Waals surface area contributed by atoms with E-state index in [0.717, 1.165) is 17.7 Å². The highest BCUT2D eigenvalue weighted by molar-refractivity contribution is 6.07. The SMILES string of the molecule is CC(C)(O)CN1C(=O)NC(C)(C2CC2)C1=O. The Labute approximate surface area is 94.8 Å². The van der Waals surface area contributed by atoms with Gasteiger partial charge in [0, 0.05) is 0 Å². The Morgan fingerprint density at radius 1 is 1.50 bits per heavy atom. The Balaban J connectivity index is 2.16. The van der Waals surface area contributed by atoms with Crippen molar-refractivity contribution in [1.29, 1.82) is 0 Å². The van der Waals surface area contributed by atoms with Crippen molar-refractivity contribution in [3.63, 3.8) is 0 Å². The zero-order valence-corrected chi connectivity index (χ0v) is 9.91. The number of urea groups is 1. The summed E-state index contributed by atoms with van der Waals surface area (Å²) in [6.45, 7) is 4.98. The predicted octanol–water partition coefficient (Wildman–Crippen LogP) is 0.478. The molecular weight excluding hydrogens is 208 g/mol. The van der Waals surface area contributed by atoms with Crippen molar-refractivity contribution in [2.24, 2.45) is 5.92 Å². The summed E-state index contributed by atoms with van der Waals surface area (Å²) in [7, 11) is 0. The van der Waals surface area contributed by atoms with E-state index in [4.69, 9.17) is 0 Å². The van der Waals surface area contributed by atoms with Crippen LogP contribution < -0.4 is 5.32 Å². The fourth-order valence-corrected chi connectivity index (χ4v) is 2.18. The summed E-state index contributed by atoms with van der Waals surface area (Å²) in [4.78, 5) is 24.9. The van der Waals surface area contributed by atoms with Crippen LogP contribution in [0.25, 0.3) is 0 Å². The molecule has 1 aliphatic heterocycles. The monoisotopic (exact) mass is 226 g/mol. The van der Waals surface area contributed by atoms with Gasteiger partial charge in [0.25, 0.3) is 5.91 Å². The summed E-state index contributed by atoms with van der Waals surface area (Å²) in [5, 5.41) is 12.4. The van der Waals surface area contributed by atoms with Gasteiger partial charge in [-0.05, 0) is 39.5 Å². The zero-order valence-electron chi connectivity index (χ0n) is 9.91. The number of carbonyl (C=O) groups is 2. The fraction of sp³-hybridized carbons (Fsp3) is 0.818. The lowest BCUT2D eigenvalue weighted by Gasteiger charge is -2.25. The van der Waals surface area contributed by atoms with Crippen molar-refractivity contribution in [2.45, 2.75) is 44.8 Å². The van der Waals surface area contributed by atoms with Crippen LogP contribution in [0, 0.1) is 5.92 Å². The summed E-state index contributed by atoms with van der Waals surface area (Å²) in [5.74, 6) is 0.0536. The summed E-state index contributed by atoms with van der Waals surface area (Å²) >= 11 is 0. The van der Waals surface area contributed by atoms with Gasteiger partial charge in [-0.2, -0.15) is 0 Å². The van der Waals surface area contributed by atoms with Crippen molar-refractivity contribution < 1.29 is 14.7 Å². The topological polar surface area (TPSA) is 69.6 Å². The van der Waals surface area contributed by atoms with Crippen LogP contribution >= 0.6 is 0 Å². The van der Waals surface area contributed by atoms with Crippen molar-refractivity contribution in [3.05, 3.63) is 0 Å². The first kappa shape index (κ1) is 11.4. The van der Waals surface area contributed by atoms with Crippen molar-refractivity contribution in [2.75, 3.05) is 6.54 Å². The minimum atomic E-state index is -1.05. The molecule has 0 aromatic rings. The van der Waals surface area contributed by atoms with E-state index in [1.165, 1.54) is 0 Å². The third-order valence-electron chi connectivity index (χ3n) is 3.24. The van der Waals surface area contributed by atoms with Crippen LogP contribution in [0.3, 0.4) is 0 Å². The van der Waals surface area contributed by atoms with E-state index in [2.05, 4.69) is 5.32 Å². The van der Waals surface area contributed by atoms with Gasteiger partial charge in [0.1, 0.15) is 5.54 Å². The first-order valence-electron chi connectivity index (χ1n) is 5.60. The Kier molecular flexibility index (Phi) is 2.28. The predicted molar refractivity (Wildman–Crippen MR) is 57.7 cm³/mol. The number of carbonyl (C=O) groups excluding carboxylic acids is 2. The molecule has 1 heterocycles. The fourth-order valence-electron chi connectivity index (χ4n) is 2.18. The van der Waals surface area contributed by atoms with Crippen LogP contribution in [0.2, 0.25) is 0 Å². The standard InChI is InChI=1S/C11H18N2O3/c1-10(2,16)6-13-8(14)11(3,7-4-5-7)12-9(13)15/h7,16H,4-6H2,1-3H3,(H,12,15). The maximum atomic E-state index is 12.1. The van der Waals surface area contributed by atoms with E-state index in [0.29, 0.717) is 0 Å². The molecule has 1 atom stereocenters. The average molecular weight is 226 g/mol. The minimum Gasteiger partial charge on any atom is -0.389 e. The van der Waals surface area contributed by atoms with E-state index in [9.17, 15) is 14.7 Å². The van der Waals surface area contributed by atoms with Crippen LogP contribution in [0.4, 0.5) is 4.79 Å². The third-order valence-corrected chi connectivity index (χ3v) is 3.24. The highest BCUT2D eigenvalue weighted by Crippen LogP contribution is 2.42. The smallest absolute Gasteiger partial charge is 0.325 e. The number of hydrogen-bond donors (Lipinski definition) is 2. The molecule has 0 aromatic heterocycles. The van der Waals surface area contributed by atoms with Crippen LogP contribution in [-0.2, 0) is 4.79 Å². The summed E-state index contributed by atoms with van der Waals surface area (Å²) in [6.07, 6.45) is 1.97. The molecule has 2 aliphatic rings. The second kappa shape index (κ2) is 3.20. The lowest BCUT2D eigenvalue weighted by Crippen LogP contribution is -2.47. The quantitative estimate of drug-likeness (QED) is 0.688. The molecule has 90 valence electrons. The van der Waals surface area contributed by atoms with E-state index in [1.54, 1.807) is 20.8 Å². The van der Waals surface area contributed by atoms with Gasteiger partial charge < -0.3 is 10.4 Å². The first-order valence-corrected chi connectivity index (χ1v) is 5.60. The normalized spacial score (nSPS) is 30.9. The Bertz CT molecular complexity index is 344. The molecule has 5 nitrogen and oxygen atoms in total. The van der Waals surface area contributed by atoms with Gasteiger partial charge in [-0.15, -0.1) is 0 Å². The van der Waals surface area contributed by atoms with Gasteiger partial charge in [-0.3, -0.25) is 9.69 Å². The Morgan fingerprint density at radius 2 is 2.06 bits per heavy atom. The van der Waals surface area contributed by atoms with Crippen LogP contribution in [0.15, 0.2) is 0 Å².